The first kappa shape index (κ1) is 12.2. The predicted molar refractivity (Wildman–Crippen MR) is 69.0 cm³/mol. The maximum absolute atomic E-state index is 5.83. The monoisotopic (exact) mass is 245 g/mol. The number of hydrogen-bond donors (Lipinski definition) is 1. The van der Waals surface area contributed by atoms with Crippen molar-refractivity contribution < 1.29 is 4.74 Å². The first-order chi connectivity index (χ1) is 8.31. The molecular weight excluding hydrogens is 230 g/mol. The summed E-state index contributed by atoms with van der Waals surface area (Å²) in [6.45, 7) is 5.83. The smallest absolute Gasteiger partial charge is 0.239 e. The van der Waals surface area contributed by atoms with Crippen molar-refractivity contribution in [2.24, 2.45) is 7.05 Å². The molecule has 0 aliphatic rings. The van der Waals surface area contributed by atoms with E-state index in [1.807, 2.05) is 20.8 Å². The average molecular weight is 245 g/mol. The van der Waals surface area contributed by atoms with Crippen LogP contribution in [0.25, 0.3) is 11.0 Å². The molecule has 0 saturated heterocycles. The highest BCUT2D eigenvalue weighted by Crippen LogP contribution is 2.28. The topological polar surface area (TPSA) is 78.8 Å². The Hall–Kier alpha value is -2.29. The van der Waals surface area contributed by atoms with Crippen LogP contribution in [0.2, 0.25) is 0 Å². The van der Waals surface area contributed by atoms with E-state index in [0.717, 1.165) is 0 Å². The van der Waals surface area contributed by atoms with Gasteiger partial charge in [0.1, 0.15) is 5.60 Å². The molecule has 2 aromatic heterocycles. The van der Waals surface area contributed by atoms with Gasteiger partial charge in [-0.05, 0) is 26.7 Å². The van der Waals surface area contributed by atoms with Crippen molar-refractivity contribution in [2.45, 2.75) is 26.4 Å². The molecule has 0 unspecified atom stereocenters. The minimum atomic E-state index is -0.364. The number of fused-ring (bicyclic) bond motifs is 1. The van der Waals surface area contributed by atoms with Gasteiger partial charge in [0.05, 0.1) is 0 Å². The summed E-state index contributed by atoms with van der Waals surface area (Å²) >= 11 is 0. The summed E-state index contributed by atoms with van der Waals surface area (Å²) in [5, 5.41) is 4.25. The molecule has 94 valence electrons. The third-order valence-electron chi connectivity index (χ3n) is 2.19. The first-order valence-electron chi connectivity index (χ1n) is 5.47. The van der Waals surface area contributed by atoms with Gasteiger partial charge in [0.25, 0.3) is 0 Å². The summed E-state index contributed by atoms with van der Waals surface area (Å²) in [5.41, 5.74) is 6.47. The highest BCUT2D eigenvalue weighted by Gasteiger charge is 2.21. The third-order valence-corrected chi connectivity index (χ3v) is 2.19. The molecule has 0 aliphatic heterocycles. The van der Waals surface area contributed by atoms with Crippen LogP contribution in [-0.2, 0) is 7.05 Å². The molecular formula is C12H15N5O. The van der Waals surface area contributed by atoms with E-state index in [-0.39, 0.29) is 17.2 Å². The Morgan fingerprint density at radius 3 is 2.50 bits per heavy atom. The van der Waals surface area contributed by atoms with E-state index in [4.69, 9.17) is 16.9 Å². The van der Waals surface area contributed by atoms with Gasteiger partial charge in [-0.2, -0.15) is 5.10 Å². The van der Waals surface area contributed by atoms with Crippen LogP contribution in [0, 0.1) is 12.3 Å². The molecule has 2 aromatic rings. The van der Waals surface area contributed by atoms with Crippen LogP contribution < -0.4 is 10.5 Å². The lowest BCUT2D eigenvalue weighted by molar-refractivity contribution is 0.119. The second-order valence-electron chi connectivity index (χ2n) is 4.92. The number of hydrogen-bond acceptors (Lipinski definition) is 5. The number of nitrogens with zero attached hydrogens (tertiary/aromatic N) is 4. The maximum Gasteiger partial charge on any atom is 0.239 e. The Morgan fingerprint density at radius 1 is 1.28 bits per heavy atom. The molecule has 0 atom stereocenters. The molecule has 18 heavy (non-hydrogen) atoms. The lowest BCUT2D eigenvalue weighted by Crippen LogP contribution is -2.24. The molecule has 0 radical (unpaired) electrons. The van der Waals surface area contributed by atoms with Crippen molar-refractivity contribution in [1.29, 1.82) is 0 Å². The minimum absolute atomic E-state index is 0.228. The Morgan fingerprint density at radius 2 is 1.94 bits per heavy atom. The lowest BCUT2D eigenvalue weighted by atomic mass is 10.2. The van der Waals surface area contributed by atoms with E-state index in [1.54, 1.807) is 11.7 Å². The maximum atomic E-state index is 5.83. The molecule has 2 heterocycles. The third kappa shape index (κ3) is 2.07. The number of ether oxygens (including phenoxy) is 1. The van der Waals surface area contributed by atoms with Crippen molar-refractivity contribution in [3.05, 3.63) is 5.82 Å². The summed E-state index contributed by atoms with van der Waals surface area (Å²) in [6, 6.07) is 0. The average Bonchev–Trinajstić information content (AvgIpc) is 2.55. The molecule has 2 rings (SSSR count). The fourth-order valence-corrected chi connectivity index (χ4v) is 1.54. The second-order valence-corrected chi connectivity index (χ2v) is 4.92. The number of nitrogen functional groups attached to an aromatic ring is 1. The quantitative estimate of drug-likeness (QED) is 0.761. The van der Waals surface area contributed by atoms with Crippen LogP contribution in [0.15, 0.2) is 0 Å². The van der Waals surface area contributed by atoms with Gasteiger partial charge in [-0.1, -0.05) is 0 Å². The zero-order valence-corrected chi connectivity index (χ0v) is 10.9. The lowest BCUT2D eigenvalue weighted by Gasteiger charge is -2.20. The first-order valence-corrected chi connectivity index (χ1v) is 5.47. The van der Waals surface area contributed by atoms with Crippen LogP contribution >= 0.6 is 0 Å². The number of rotatable bonds is 1. The Labute approximate surface area is 105 Å². The van der Waals surface area contributed by atoms with E-state index in [9.17, 15) is 0 Å². The van der Waals surface area contributed by atoms with Crippen LogP contribution in [0.3, 0.4) is 0 Å². The van der Waals surface area contributed by atoms with E-state index in [2.05, 4.69) is 21.0 Å². The van der Waals surface area contributed by atoms with Gasteiger partial charge in [-0.15, -0.1) is 6.42 Å². The van der Waals surface area contributed by atoms with Crippen LogP contribution in [0.1, 0.15) is 26.6 Å². The summed E-state index contributed by atoms with van der Waals surface area (Å²) < 4.78 is 7.41. The number of anilines is 1. The molecule has 6 heteroatoms. The zero-order chi connectivity index (χ0) is 13.5. The van der Waals surface area contributed by atoms with Crippen molar-refractivity contribution >= 4 is 16.9 Å². The molecule has 0 bridgehead atoms. The van der Waals surface area contributed by atoms with Crippen LogP contribution in [0.5, 0.6) is 5.88 Å². The predicted octanol–water partition coefficient (Wildman–Crippen LogP) is 1.10. The highest BCUT2D eigenvalue weighted by atomic mass is 16.5. The van der Waals surface area contributed by atoms with Gasteiger partial charge in [0.15, 0.2) is 16.9 Å². The summed E-state index contributed by atoms with van der Waals surface area (Å²) in [7, 11) is 1.76. The fraction of sp³-hybridized carbons (Fsp3) is 0.417. The highest BCUT2D eigenvalue weighted by molar-refractivity contribution is 5.88. The van der Waals surface area contributed by atoms with E-state index in [0.29, 0.717) is 16.9 Å². The summed E-state index contributed by atoms with van der Waals surface area (Å²) in [6.07, 6.45) is 5.30. The minimum Gasteiger partial charge on any atom is -0.471 e. The van der Waals surface area contributed by atoms with Gasteiger partial charge in [0, 0.05) is 7.05 Å². The van der Waals surface area contributed by atoms with Crippen molar-refractivity contribution in [3.63, 3.8) is 0 Å². The van der Waals surface area contributed by atoms with Crippen molar-refractivity contribution in [3.8, 4) is 18.2 Å². The SMILES string of the molecule is C#Cc1nc(N)c2nn(C)c(OC(C)(C)C)c2n1. The summed E-state index contributed by atoms with van der Waals surface area (Å²) in [5.74, 6) is 3.38. The second kappa shape index (κ2) is 3.88. The molecule has 6 nitrogen and oxygen atoms in total. The largest absolute Gasteiger partial charge is 0.471 e. The molecule has 0 spiro atoms. The van der Waals surface area contributed by atoms with Crippen LogP contribution in [0.4, 0.5) is 5.82 Å². The van der Waals surface area contributed by atoms with E-state index < -0.39 is 0 Å². The molecule has 0 fully saturated rings. The van der Waals surface area contributed by atoms with Gasteiger partial charge < -0.3 is 10.5 Å². The fourth-order valence-electron chi connectivity index (χ4n) is 1.54. The Bertz CT molecular complexity index is 645. The molecule has 0 saturated carbocycles. The van der Waals surface area contributed by atoms with E-state index in [1.165, 1.54) is 0 Å². The zero-order valence-electron chi connectivity index (χ0n) is 10.9. The number of aromatic nitrogens is 4. The number of terminal acetylenes is 1. The Balaban J connectivity index is 2.70. The summed E-state index contributed by atoms with van der Waals surface area (Å²) in [4.78, 5) is 8.19. The normalized spacial score (nSPS) is 11.5. The number of nitrogens with two attached hydrogens (primary N) is 1. The van der Waals surface area contributed by atoms with Gasteiger partial charge >= 0.3 is 0 Å². The Kier molecular flexibility index (Phi) is 2.62. The molecule has 0 aliphatic carbocycles. The number of aryl methyl sites for hydroxylation is 1. The van der Waals surface area contributed by atoms with Crippen LogP contribution in [-0.4, -0.2) is 25.3 Å². The van der Waals surface area contributed by atoms with Gasteiger partial charge in [-0.3, -0.25) is 0 Å². The van der Waals surface area contributed by atoms with Gasteiger partial charge in [0.2, 0.25) is 11.7 Å². The van der Waals surface area contributed by atoms with E-state index >= 15 is 0 Å². The van der Waals surface area contributed by atoms with Gasteiger partial charge in [-0.25, -0.2) is 14.6 Å². The molecule has 2 N–H and O–H groups in total. The molecule has 0 amide bonds. The van der Waals surface area contributed by atoms with Crippen molar-refractivity contribution in [2.75, 3.05) is 5.73 Å². The molecule has 0 aromatic carbocycles. The standard InChI is InChI=1S/C12H15N5O/c1-6-7-14-9-8(10(13)15-7)16-17(5)11(9)18-12(2,3)4/h1H,2-5H3,(H2,13,14,15). The van der Waals surface area contributed by atoms with Crippen molar-refractivity contribution in [1.82, 2.24) is 19.7 Å².